The zero-order valence-corrected chi connectivity index (χ0v) is 20.5. The molecule has 0 bridgehead atoms. The van der Waals surface area contributed by atoms with Crippen LogP contribution in [0, 0.1) is 11.7 Å². The van der Waals surface area contributed by atoms with E-state index in [-0.39, 0.29) is 47.7 Å². The molecule has 2 aliphatic rings. The number of benzene rings is 1. The first-order valence-corrected chi connectivity index (χ1v) is 11.0. The van der Waals surface area contributed by atoms with Gasteiger partial charge in [-0.2, -0.15) is 0 Å². The van der Waals surface area contributed by atoms with Crippen molar-refractivity contribution in [3.05, 3.63) is 34.6 Å². The highest BCUT2D eigenvalue weighted by Gasteiger charge is 2.29. The summed E-state index contributed by atoms with van der Waals surface area (Å²) < 4.78 is 14.6. The number of nitrogens with zero attached hydrogens (tertiary/aromatic N) is 2. The second-order valence-electron chi connectivity index (χ2n) is 7.61. The molecule has 1 atom stereocenters. The van der Waals surface area contributed by atoms with Crippen molar-refractivity contribution in [3.8, 4) is 0 Å². The van der Waals surface area contributed by atoms with Gasteiger partial charge in [0.2, 0.25) is 5.91 Å². The number of carbonyl (C=O) groups is 1. The zero-order valence-electron chi connectivity index (χ0n) is 17.4. The Balaban J connectivity index is 0.00000320. The van der Waals surface area contributed by atoms with Crippen molar-refractivity contribution in [2.75, 3.05) is 39.3 Å². The highest BCUT2D eigenvalue weighted by Crippen LogP contribution is 2.32. The lowest BCUT2D eigenvalue weighted by Crippen LogP contribution is -2.42. The summed E-state index contributed by atoms with van der Waals surface area (Å²) in [6, 6.07) is 4.63. The van der Waals surface area contributed by atoms with Crippen molar-refractivity contribution in [1.29, 1.82) is 0 Å². The van der Waals surface area contributed by atoms with Crippen LogP contribution in [0.3, 0.4) is 0 Å². The Morgan fingerprint density at radius 1 is 1.23 bits per heavy atom. The minimum absolute atomic E-state index is 0. The van der Waals surface area contributed by atoms with Crippen molar-refractivity contribution < 1.29 is 9.18 Å². The van der Waals surface area contributed by atoms with E-state index in [2.05, 4.69) is 20.9 Å². The standard InChI is InChI=1S/C21H31ClFN5O.HI/c1-2-24-21(26-11-10-25-20(29)15-8-9-15)27-14-18(28-12-3-4-13-28)19-16(22)6-5-7-17(19)23;/h5-7,15,18H,2-4,8-14H2,1H3,(H,25,29)(H2,24,26,27);1H. The van der Waals surface area contributed by atoms with E-state index in [9.17, 15) is 9.18 Å². The molecule has 1 aliphatic heterocycles. The van der Waals surface area contributed by atoms with Crippen LogP contribution < -0.4 is 16.0 Å². The number of hydrogen-bond acceptors (Lipinski definition) is 3. The summed E-state index contributed by atoms with van der Waals surface area (Å²) in [6.07, 6.45) is 4.20. The van der Waals surface area contributed by atoms with E-state index in [4.69, 9.17) is 16.6 Å². The molecule has 1 aliphatic carbocycles. The summed E-state index contributed by atoms with van der Waals surface area (Å²) in [6.45, 7) is 6.09. The second kappa shape index (κ2) is 12.7. The van der Waals surface area contributed by atoms with E-state index >= 15 is 0 Å². The number of likely N-dealkylation sites (tertiary alicyclic amines) is 1. The van der Waals surface area contributed by atoms with Crippen molar-refractivity contribution in [3.63, 3.8) is 0 Å². The fourth-order valence-corrected chi connectivity index (χ4v) is 3.94. The highest BCUT2D eigenvalue weighted by atomic mass is 127. The Hall–Kier alpha value is -1.13. The third-order valence-corrected chi connectivity index (χ3v) is 5.68. The molecule has 1 aromatic carbocycles. The van der Waals surface area contributed by atoms with Gasteiger partial charge in [0.15, 0.2) is 5.96 Å². The Morgan fingerprint density at radius 3 is 2.57 bits per heavy atom. The van der Waals surface area contributed by atoms with Crippen molar-refractivity contribution in [1.82, 2.24) is 20.9 Å². The Labute approximate surface area is 200 Å². The number of hydrogen-bond donors (Lipinski definition) is 3. The van der Waals surface area contributed by atoms with Gasteiger partial charge in [0, 0.05) is 36.1 Å². The maximum absolute atomic E-state index is 14.6. The molecule has 0 aromatic heterocycles. The van der Waals surface area contributed by atoms with Gasteiger partial charge < -0.3 is 16.0 Å². The quantitative estimate of drug-likeness (QED) is 0.191. The van der Waals surface area contributed by atoms with Crippen LogP contribution in [0.4, 0.5) is 4.39 Å². The maximum Gasteiger partial charge on any atom is 0.223 e. The van der Waals surface area contributed by atoms with E-state index in [1.165, 1.54) is 6.07 Å². The molecule has 1 saturated carbocycles. The van der Waals surface area contributed by atoms with Gasteiger partial charge in [-0.05, 0) is 57.8 Å². The van der Waals surface area contributed by atoms with Crippen LogP contribution in [0.2, 0.25) is 5.02 Å². The molecule has 9 heteroatoms. The zero-order chi connectivity index (χ0) is 20.6. The first-order chi connectivity index (χ1) is 14.1. The van der Waals surface area contributed by atoms with Gasteiger partial charge >= 0.3 is 0 Å². The lowest BCUT2D eigenvalue weighted by molar-refractivity contribution is -0.122. The molecule has 0 radical (unpaired) electrons. The Morgan fingerprint density at radius 2 is 1.93 bits per heavy atom. The van der Waals surface area contributed by atoms with Crippen molar-refractivity contribution in [2.24, 2.45) is 10.9 Å². The third kappa shape index (κ3) is 7.23. The lowest BCUT2D eigenvalue weighted by atomic mass is 10.0. The van der Waals surface area contributed by atoms with Crippen LogP contribution in [-0.4, -0.2) is 56.0 Å². The fraction of sp³-hybridized carbons (Fsp3) is 0.619. The van der Waals surface area contributed by atoms with E-state index in [0.717, 1.165) is 45.3 Å². The molecule has 1 heterocycles. The van der Waals surface area contributed by atoms with E-state index in [0.29, 0.717) is 36.2 Å². The van der Waals surface area contributed by atoms with E-state index in [1.54, 1.807) is 12.1 Å². The monoisotopic (exact) mass is 551 g/mol. The van der Waals surface area contributed by atoms with E-state index in [1.807, 2.05) is 6.92 Å². The summed E-state index contributed by atoms with van der Waals surface area (Å²) in [4.78, 5) is 18.7. The first-order valence-electron chi connectivity index (χ1n) is 10.6. The van der Waals surface area contributed by atoms with Gasteiger partial charge in [0.1, 0.15) is 5.82 Å². The van der Waals surface area contributed by atoms with Crippen LogP contribution in [-0.2, 0) is 4.79 Å². The Bertz CT molecular complexity index is 705. The molecule has 1 saturated heterocycles. The second-order valence-corrected chi connectivity index (χ2v) is 8.01. The number of aliphatic imine (C=N–C) groups is 1. The van der Waals surface area contributed by atoms with Crippen LogP contribution in [0.5, 0.6) is 0 Å². The summed E-state index contributed by atoms with van der Waals surface area (Å²) in [5, 5.41) is 9.83. The smallest absolute Gasteiger partial charge is 0.223 e. The topological polar surface area (TPSA) is 68.8 Å². The molecule has 1 amide bonds. The van der Waals surface area contributed by atoms with Gasteiger partial charge in [-0.1, -0.05) is 17.7 Å². The molecule has 0 spiro atoms. The van der Waals surface area contributed by atoms with Crippen molar-refractivity contribution in [2.45, 2.75) is 38.6 Å². The van der Waals surface area contributed by atoms with Gasteiger partial charge in [0.05, 0.1) is 12.6 Å². The number of halogens is 3. The fourth-order valence-electron chi connectivity index (χ4n) is 3.65. The molecule has 30 heavy (non-hydrogen) atoms. The van der Waals surface area contributed by atoms with Crippen LogP contribution in [0.25, 0.3) is 0 Å². The molecular formula is C21H32ClFIN5O. The number of rotatable bonds is 9. The lowest BCUT2D eigenvalue weighted by Gasteiger charge is -2.28. The average Bonchev–Trinajstić information content (AvgIpc) is 3.42. The number of nitrogens with one attached hydrogen (secondary N) is 3. The minimum Gasteiger partial charge on any atom is -0.357 e. The van der Waals surface area contributed by atoms with E-state index < -0.39 is 0 Å². The Kier molecular flexibility index (Phi) is 10.6. The highest BCUT2D eigenvalue weighted by molar-refractivity contribution is 14.0. The van der Waals surface area contributed by atoms with Crippen LogP contribution in [0.15, 0.2) is 23.2 Å². The van der Waals surface area contributed by atoms with Gasteiger partial charge in [0.25, 0.3) is 0 Å². The molecule has 2 fully saturated rings. The van der Waals surface area contributed by atoms with Crippen molar-refractivity contribution >= 4 is 47.4 Å². The maximum atomic E-state index is 14.6. The average molecular weight is 552 g/mol. The summed E-state index contributed by atoms with van der Waals surface area (Å²) in [7, 11) is 0. The van der Waals surface area contributed by atoms with Gasteiger partial charge in [-0.15, -0.1) is 24.0 Å². The van der Waals surface area contributed by atoms with Crippen LogP contribution >= 0.6 is 35.6 Å². The third-order valence-electron chi connectivity index (χ3n) is 5.35. The molecule has 1 aromatic rings. The molecule has 168 valence electrons. The predicted molar refractivity (Wildman–Crippen MR) is 130 cm³/mol. The largest absolute Gasteiger partial charge is 0.357 e. The van der Waals surface area contributed by atoms with Crippen LogP contribution in [0.1, 0.15) is 44.2 Å². The molecule has 6 nitrogen and oxygen atoms in total. The van der Waals surface area contributed by atoms with Gasteiger partial charge in [-0.3, -0.25) is 14.7 Å². The SMILES string of the molecule is CCNC(=NCC(c1c(F)cccc1Cl)N1CCCC1)NCCNC(=O)C1CC1.I. The minimum atomic E-state index is -0.287. The summed E-state index contributed by atoms with van der Waals surface area (Å²) >= 11 is 6.36. The molecule has 1 unspecified atom stereocenters. The first kappa shape index (κ1) is 25.1. The summed E-state index contributed by atoms with van der Waals surface area (Å²) in [5.41, 5.74) is 0.521. The predicted octanol–water partition coefficient (Wildman–Crippen LogP) is 3.32. The number of guanidine groups is 1. The normalized spacial score (nSPS) is 17.9. The molecule has 3 N–H and O–H groups in total. The molecular weight excluding hydrogens is 520 g/mol. The molecule has 3 rings (SSSR count). The number of amides is 1. The number of carbonyl (C=O) groups excluding carboxylic acids is 1. The van der Waals surface area contributed by atoms with Gasteiger partial charge in [-0.25, -0.2) is 4.39 Å². The summed E-state index contributed by atoms with van der Waals surface area (Å²) in [5.74, 6) is 0.718.